The van der Waals surface area contributed by atoms with Gasteiger partial charge >= 0.3 is 0 Å². The van der Waals surface area contributed by atoms with Crippen LogP contribution in [0.3, 0.4) is 0 Å². The highest BCUT2D eigenvalue weighted by molar-refractivity contribution is 5.26. The van der Waals surface area contributed by atoms with Crippen molar-refractivity contribution in [3.8, 4) is 5.75 Å². The first-order valence-corrected chi connectivity index (χ1v) is 5.72. The van der Waals surface area contributed by atoms with Gasteiger partial charge in [0.15, 0.2) is 0 Å². The van der Waals surface area contributed by atoms with Gasteiger partial charge in [-0.15, -0.1) is 0 Å². The van der Waals surface area contributed by atoms with E-state index in [2.05, 4.69) is 4.98 Å². The van der Waals surface area contributed by atoms with Crippen LogP contribution in [0.2, 0.25) is 0 Å². The molecule has 0 amide bonds. The maximum absolute atomic E-state index is 6.19. The van der Waals surface area contributed by atoms with E-state index in [-0.39, 0.29) is 6.04 Å². The van der Waals surface area contributed by atoms with Crippen LogP contribution in [0.25, 0.3) is 0 Å². The number of nitrogens with zero attached hydrogens (tertiary/aromatic N) is 1. The van der Waals surface area contributed by atoms with Gasteiger partial charge in [-0.05, 0) is 25.0 Å². The number of hydrogen-bond donors (Lipinski definition) is 1. The largest absolute Gasteiger partial charge is 0.492 e. The third-order valence-electron chi connectivity index (χ3n) is 2.90. The zero-order valence-electron chi connectivity index (χ0n) is 9.56. The molecule has 1 fully saturated rings. The van der Waals surface area contributed by atoms with Crippen LogP contribution in [-0.4, -0.2) is 24.8 Å². The first kappa shape index (κ1) is 11.4. The van der Waals surface area contributed by atoms with Gasteiger partial charge in [0.05, 0.1) is 19.4 Å². The molecule has 2 atom stereocenters. The van der Waals surface area contributed by atoms with E-state index in [0.29, 0.717) is 12.5 Å². The zero-order chi connectivity index (χ0) is 11.4. The predicted octanol–water partition coefficient (Wildman–Crippen LogP) is 1.52. The number of rotatable bonds is 4. The smallest absolute Gasteiger partial charge is 0.137 e. The Hall–Kier alpha value is -1.13. The third kappa shape index (κ3) is 2.51. The minimum Gasteiger partial charge on any atom is -0.492 e. The molecule has 0 bridgehead atoms. The number of ether oxygens (including phenoxy) is 2. The molecule has 4 heteroatoms. The Balaban J connectivity index is 2.09. The lowest BCUT2D eigenvalue weighted by molar-refractivity contribution is 0.181. The van der Waals surface area contributed by atoms with Crippen LogP contribution in [0, 0.1) is 5.92 Å². The number of pyridine rings is 1. The lowest BCUT2D eigenvalue weighted by Gasteiger charge is -2.18. The van der Waals surface area contributed by atoms with Gasteiger partial charge in [-0.1, -0.05) is 0 Å². The molecule has 0 radical (unpaired) electrons. The highest BCUT2D eigenvalue weighted by Gasteiger charge is 2.24. The zero-order valence-corrected chi connectivity index (χ0v) is 9.56. The summed E-state index contributed by atoms with van der Waals surface area (Å²) in [4.78, 5) is 4.15. The fraction of sp³-hybridized carbons (Fsp3) is 0.583. The highest BCUT2D eigenvalue weighted by atomic mass is 16.5. The van der Waals surface area contributed by atoms with Gasteiger partial charge in [0.1, 0.15) is 5.75 Å². The van der Waals surface area contributed by atoms with E-state index in [1.807, 2.05) is 19.2 Å². The van der Waals surface area contributed by atoms with Crippen molar-refractivity contribution >= 4 is 0 Å². The van der Waals surface area contributed by atoms with Gasteiger partial charge in [0.2, 0.25) is 0 Å². The fourth-order valence-electron chi connectivity index (χ4n) is 1.97. The van der Waals surface area contributed by atoms with Crippen molar-refractivity contribution in [3.63, 3.8) is 0 Å². The van der Waals surface area contributed by atoms with Crippen molar-refractivity contribution in [1.82, 2.24) is 4.98 Å². The summed E-state index contributed by atoms with van der Waals surface area (Å²) in [6.07, 6.45) is 4.55. The van der Waals surface area contributed by atoms with Crippen molar-refractivity contribution in [3.05, 3.63) is 24.0 Å². The summed E-state index contributed by atoms with van der Waals surface area (Å²) < 4.78 is 10.8. The molecular weight excluding hydrogens is 204 g/mol. The molecule has 1 aliphatic rings. The maximum Gasteiger partial charge on any atom is 0.137 e. The van der Waals surface area contributed by atoms with E-state index < -0.39 is 0 Å². The van der Waals surface area contributed by atoms with Crippen LogP contribution in [-0.2, 0) is 4.74 Å². The molecular formula is C12H18N2O2. The first-order chi connectivity index (χ1) is 7.81. The molecule has 88 valence electrons. The summed E-state index contributed by atoms with van der Waals surface area (Å²) in [6, 6.07) is 1.97. The molecule has 0 aromatic carbocycles. The van der Waals surface area contributed by atoms with E-state index >= 15 is 0 Å². The van der Waals surface area contributed by atoms with Gasteiger partial charge in [0.25, 0.3) is 0 Å². The van der Waals surface area contributed by atoms with Crippen LogP contribution >= 0.6 is 0 Å². The third-order valence-corrected chi connectivity index (χ3v) is 2.90. The van der Waals surface area contributed by atoms with Crippen LogP contribution in [0.15, 0.2) is 18.5 Å². The summed E-state index contributed by atoms with van der Waals surface area (Å²) in [6.45, 7) is 4.17. The second-order valence-electron chi connectivity index (χ2n) is 4.04. The van der Waals surface area contributed by atoms with Gasteiger partial charge in [-0.2, -0.15) is 0 Å². The van der Waals surface area contributed by atoms with Crippen LogP contribution < -0.4 is 10.5 Å². The monoisotopic (exact) mass is 222 g/mol. The van der Waals surface area contributed by atoms with E-state index in [4.69, 9.17) is 15.2 Å². The van der Waals surface area contributed by atoms with E-state index in [0.717, 1.165) is 30.9 Å². The summed E-state index contributed by atoms with van der Waals surface area (Å²) in [7, 11) is 0. The molecule has 2 N–H and O–H groups in total. The Labute approximate surface area is 95.8 Å². The van der Waals surface area contributed by atoms with Crippen molar-refractivity contribution in [2.75, 3.05) is 19.8 Å². The summed E-state index contributed by atoms with van der Waals surface area (Å²) in [5.74, 6) is 1.19. The summed E-state index contributed by atoms with van der Waals surface area (Å²) in [5.41, 5.74) is 7.22. The number of aromatic nitrogens is 1. The second kappa shape index (κ2) is 5.27. The van der Waals surface area contributed by atoms with Crippen molar-refractivity contribution in [1.29, 1.82) is 0 Å². The Morgan fingerprint density at radius 3 is 3.19 bits per heavy atom. The Kier molecular flexibility index (Phi) is 3.74. The molecule has 2 heterocycles. The topological polar surface area (TPSA) is 57.4 Å². The molecule has 1 aromatic heterocycles. The van der Waals surface area contributed by atoms with Crippen molar-refractivity contribution in [2.45, 2.75) is 19.4 Å². The quantitative estimate of drug-likeness (QED) is 0.839. The molecule has 0 saturated carbocycles. The Morgan fingerprint density at radius 2 is 2.50 bits per heavy atom. The normalized spacial score (nSPS) is 22.0. The number of hydrogen-bond acceptors (Lipinski definition) is 4. The number of nitrogens with two attached hydrogens (primary N) is 1. The molecule has 0 spiro atoms. The van der Waals surface area contributed by atoms with Gasteiger partial charge < -0.3 is 15.2 Å². The summed E-state index contributed by atoms with van der Waals surface area (Å²) >= 11 is 0. The highest BCUT2D eigenvalue weighted by Crippen LogP contribution is 2.27. The van der Waals surface area contributed by atoms with Gasteiger partial charge in [-0.3, -0.25) is 4.98 Å². The SMILES string of the molecule is CCOc1cncc(C(N)C2CCOC2)c1. The molecule has 1 saturated heterocycles. The minimum atomic E-state index is -0.00425. The summed E-state index contributed by atoms with van der Waals surface area (Å²) in [5, 5.41) is 0. The van der Waals surface area contributed by atoms with Crippen molar-refractivity contribution in [2.24, 2.45) is 11.7 Å². The maximum atomic E-state index is 6.19. The molecule has 1 aromatic rings. The lowest BCUT2D eigenvalue weighted by atomic mass is 9.94. The fourth-order valence-corrected chi connectivity index (χ4v) is 1.97. The molecule has 0 aliphatic carbocycles. The van der Waals surface area contributed by atoms with Crippen molar-refractivity contribution < 1.29 is 9.47 Å². The second-order valence-corrected chi connectivity index (χ2v) is 4.04. The van der Waals surface area contributed by atoms with E-state index in [1.54, 1.807) is 6.20 Å². The molecule has 2 unspecified atom stereocenters. The van der Waals surface area contributed by atoms with E-state index in [9.17, 15) is 0 Å². The Morgan fingerprint density at radius 1 is 1.62 bits per heavy atom. The van der Waals surface area contributed by atoms with E-state index in [1.165, 1.54) is 0 Å². The van der Waals surface area contributed by atoms with Gasteiger partial charge in [-0.25, -0.2) is 0 Å². The average molecular weight is 222 g/mol. The van der Waals surface area contributed by atoms with Crippen LogP contribution in [0.4, 0.5) is 0 Å². The lowest BCUT2D eigenvalue weighted by Crippen LogP contribution is -2.21. The minimum absolute atomic E-state index is 0.00425. The molecule has 4 nitrogen and oxygen atoms in total. The molecule has 1 aliphatic heterocycles. The van der Waals surface area contributed by atoms with Gasteiger partial charge in [0, 0.05) is 24.8 Å². The molecule has 16 heavy (non-hydrogen) atoms. The Bertz CT molecular complexity index is 338. The standard InChI is InChI=1S/C12H18N2O2/c1-2-16-11-5-10(6-14-7-11)12(13)9-3-4-15-8-9/h5-7,9,12H,2-4,8,13H2,1H3. The first-order valence-electron chi connectivity index (χ1n) is 5.72. The average Bonchev–Trinajstić information content (AvgIpc) is 2.82. The predicted molar refractivity (Wildman–Crippen MR) is 61.3 cm³/mol. The van der Waals surface area contributed by atoms with Crippen LogP contribution in [0.5, 0.6) is 5.75 Å². The van der Waals surface area contributed by atoms with Crippen LogP contribution in [0.1, 0.15) is 24.9 Å². The molecule has 2 rings (SSSR count).